The number of carboxylic acid groups (broad SMARTS) is 1. The Morgan fingerprint density at radius 2 is 1.85 bits per heavy atom. The number of carbonyl (C=O) groups is 2. The van der Waals surface area contributed by atoms with Gasteiger partial charge in [0.25, 0.3) is 0 Å². The number of rotatable bonds is 7. The first-order valence-corrected chi connectivity index (χ1v) is 6.97. The number of ether oxygens (including phenoxy) is 1. The van der Waals surface area contributed by atoms with Crippen LogP contribution in [0, 0.1) is 5.92 Å². The fourth-order valence-corrected chi connectivity index (χ4v) is 1.63. The van der Waals surface area contributed by atoms with Crippen LogP contribution in [-0.4, -0.2) is 53.3 Å². The standard InChI is InChI=1S/C14H28N2O4/c1-7-20-9-11(10(2)3)15-13(19)16(8-12(17)18)14(4,5)6/h10-11H,7-9H2,1-6H3,(H,15,19)(H,17,18). The molecule has 0 saturated carbocycles. The van der Waals surface area contributed by atoms with E-state index in [0.717, 1.165) is 0 Å². The zero-order chi connectivity index (χ0) is 15.9. The van der Waals surface area contributed by atoms with Crippen LogP contribution < -0.4 is 5.32 Å². The van der Waals surface area contributed by atoms with Gasteiger partial charge in [0.15, 0.2) is 0 Å². The van der Waals surface area contributed by atoms with E-state index in [1.54, 1.807) is 0 Å². The van der Waals surface area contributed by atoms with Gasteiger partial charge in [-0.1, -0.05) is 13.8 Å². The van der Waals surface area contributed by atoms with Crippen LogP contribution in [0.15, 0.2) is 0 Å². The van der Waals surface area contributed by atoms with E-state index in [1.165, 1.54) is 4.90 Å². The summed E-state index contributed by atoms with van der Waals surface area (Å²) in [5, 5.41) is 11.8. The van der Waals surface area contributed by atoms with Crippen molar-refractivity contribution in [2.45, 2.75) is 53.1 Å². The van der Waals surface area contributed by atoms with Gasteiger partial charge in [-0.05, 0) is 33.6 Å². The maximum Gasteiger partial charge on any atom is 0.323 e. The van der Waals surface area contributed by atoms with Crippen molar-refractivity contribution in [2.75, 3.05) is 19.8 Å². The van der Waals surface area contributed by atoms with Crippen LogP contribution in [0.1, 0.15) is 41.5 Å². The molecule has 0 rings (SSSR count). The minimum absolute atomic E-state index is 0.138. The molecular formula is C14H28N2O4. The monoisotopic (exact) mass is 288 g/mol. The lowest BCUT2D eigenvalue weighted by molar-refractivity contribution is -0.138. The number of hydrogen-bond donors (Lipinski definition) is 2. The second-order valence-electron chi connectivity index (χ2n) is 6.11. The second kappa shape index (κ2) is 8.09. The van der Waals surface area contributed by atoms with E-state index in [1.807, 2.05) is 41.5 Å². The summed E-state index contributed by atoms with van der Waals surface area (Å²) in [6, 6.07) is -0.514. The van der Waals surface area contributed by atoms with Gasteiger partial charge in [-0.25, -0.2) is 4.79 Å². The van der Waals surface area contributed by atoms with Crippen molar-refractivity contribution >= 4 is 12.0 Å². The molecule has 0 aliphatic heterocycles. The highest BCUT2D eigenvalue weighted by Crippen LogP contribution is 2.14. The number of carboxylic acids is 1. The number of hydrogen-bond acceptors (Lipinski definition) is 3. The molecule has 0 aromatic rings. The Hall–Kier alpha value is -1.30. The average Bonchev–Trinajstić information content (AvgIpc) is 2.29. The Morgan fingerprint density at radius 1 is 1.30 bits per heavy atom. The molecular weight excluding hydrogens is 260 g/mol. The minimum Gasteiger partial charge on any atom is -0.480 e. The predicted molar refractivity (Wildman–Crippen MR) is 77.7 cm³/mol. The maximum absolute atomic E-state index is 12.3. The summed E-state index contributed by atoms with van der Waals surface area (Å²) in [6.45, 7) is 12.0. The summed E-state index contributed by atoms with van der Waals surface area (Å²) in [5.74, 6) is -0.821. The quantitative estimate of drug-likeness (QED) is 0.750. The summed E-state index contributed by atoms with van der Waals surface area (Å²) in [4.78, 5) is 24.5. The van der Waals surface area contributed by atoms with Crippen molar-refractivity contribution in [1.82, 2.24) is 10.2 Å². The summed E-state index contributed by atoms with van der Waals surface area (Å²) in [5.41, 5.74) is -0.560. The first-order valence-electron chi connectivity index (χ1n) is 6.97. The molecule has 118 valence electrons. The van der Waals surface area contributed by atoms with Crippen LogP contribution in [-0.2, 0) is 9.53 Å². The van der Waals surface area contributed by atoms with Gasteiger partial charge in [0.05, 0.1) is 12.6 Å². The van der Waals surface area contributed by atoms with Gasteiger partial charge in [-0.15, -0.1) is 0 Å². The Labute approximate surface area is 121 Å². The molecule has 0 aliphatic rings. The lowest BCUT2D eigenvalue weighted by Crippen LogP contribution is -2.56. The molecule has 0 spiro atoms. The topological polar surface area (TPSA) is 78.9 Å². The SMILES string of the molecule is CCOCC(NC(=O)N(CC(=O)O)C(C)(C)C)C(C)C. The van der Waals surface area contributed by atoms with Crippen molar-refractivity contribution in [2.24, 2.45) is 5.92 Å². The van der Waals surface area contributed by atoms with E-state index < -0.39 is 11.5 Å². The molecule has 0 bridgehead atoms. The van der Waals surface area contributed by atoms with Crippen LogP contribution in [0.25, 0.3) is 0 Å². The number of aliphatic carboxylic acids is 1. The Bertz CT molecular complexity index is 324. The van der Waals surface area contributed by atoms with Crippen LogP contribution in [0.4, 0.5) is 4.79 Å². The zero-order valence-corrected chi connectivity index (χ0v) is 13.4. The Morgan fingerprint density at radius 3 is 2.20 bits per heavy atom. The fourth-order valence-electron chi connectivity index (χ4n) is 1.63. The van der Waals surface area contributed by atoms with Gasteiger partial charge in [-0.2, -0.15) is 0 Å². The molecule has 1 unspecified atom stereocenters. The van der Waals surface area contributed by atoms with E-state index in [-0.39, 0.29) is 24.5 Å². The van der Waals surface area contributed by atoms with E-state index in [4.69, 9.17) is 9.84 Å². The van der Waals surface area contributed by atoms with Crippen LogP contribution in [0.5, 0.6) is 0 Å². The van der Waals surface area contributed by atoms with Gasteiger partial charge in [-0.3, -0.25) is 4.79 Å². The van der Waals surface area contributed by atoms with Gasteiger partial charge in [0, 0.05) is 12.1 Å². The van der Waals surface area contributed by atoms with Gasteiger partial charge >= 0.3 is 12.0 Å². The summed E-state index contributed by atoms with van der Waals surface area (Å²) < 4.78 is 5.35. The van der Waals surface area contributed by atoms with Crippen molar-refractivity contribution in [3.63, 3.8) is 0 Å². The van der Waals surface area contributed by atoms with Crippen molar-refractivity contribution in [3.05, 3.63) is 0 Å². The molecule has 1 atom stereocenters. The summed E-state index contributed by atoms with van der Waals surface area (Å²) >= 11 is 0. The third-order valence-electron chi connectivity index (χ3n) is 2.96. The Balaban J connectivity index is 4.83. The van der Waals surface area contributed by atoms with Gasteiger partial charge in [0.1, 0.15) is 6.54 Å². The minimum atomic E-state index is -1.03. The highest BCUT2D eigenvalue weighted by molar-refractivity contribution is 5.81. The summed E-state index contributed by atoms with van der Waals surface area (Å²) in [6.07, 6.45) is 0. The average molecular weight is 288 g/mol. The molecule has 20 heavy (non-hydrogen) atoms. The molecule has 6 heteroatoms. The van der Waals surface area contributed by atoms with Crippen molar-refractivity contribution < 1.29 is 19.4 Å². The van der Waals surface area contributed by atoms with Gasteiger partial charge in [0.2, 0.25) is 0 Å². The normalized spacial score (nSPS) is 13.2. The first-order chi connectivity index (χ1) is 9.09. The molecule has 0 heterocycles. The molecule has 2 N–H and O–H groups in total. The van der Waals surface area contributed by atoms with Crippen molar-refractivity contribution in [3.8, 4) is 0 Å². The first kappa shape index (κ1) is 18.7. The molecule has 0 fully saturated rings. The number of carbonyl (C=O) groups excluding carboxylic acids is 1. The zero-order valence-electron chi connectivity index (χ0n) is 13.4. The third-order valence-corrected chi connectivity index (χ3v) is 2.96. The largest absolute Gasteiger partial charge is 0.480 e. The Kier molecular flexibility index (Phi) is 7.57. The molecule has 0 aromatic carbocycles. The predicted octanol–water partition coefficient (Wildman–Crippen LogP) is 1.94. The number of amides is 2. The van der Waals surface area contributed by atoms with E-state index in [0.29, 0.717) is 13.2 Å². The van der Waals surface area contributed by atoms with Crippen LogP contribution in [0.2, 0.25) is 0 Å². The number of nitrogens with zero attached hydrogens (tertiary/aromatic N) is 1. The van der Waals surface area contributed by atoms with Crippen molar-refractivity contribution in [1.29, 1.82) is 0 Å². The lowest BCUT2D eigenvalue weighted by Gasteiger charge is -2.36. The fraction of sp³-hybridized carbons (Fsp3) is 0.857. The highest BCUT2D eigenvalue weighted by atomic mass is 16.5. The van der Waals surface area contributed by atoms with E-state index >= 15 is 0 Å². The third kappa shape index (κ3) is 6.75. The van der Waals surface area contributed by atoms with Gasteiger partial charge < -0.3 is 20.1 Å². The van der Waals surface area contributed by atoms with Crippen LogP contribution in [0.3, 0.4) is 0 Å². The van der Waals surface area contributed by atoms with Crippen LogP contribution >= 0.6 is 0 Å². The summed E-state index contributed by atoms with van der Waals surface area (Å²) in [7, 11) is 0. The number of urea groups is 1. The lowest BCUT2D eigenvalue weighted by atomic mass is 10.0. The maximum atomic E-state index is 12.3. The molecule has 2 amide bonds. The molecule has 6 nitrogen and oxygen atoms in total. The highest BCUT2D eigenvalue weighted by Gasteiger charge is 2.30. The molecule has 0 aromatic heterocycles. The molecule has 0 saturated heterocycles. The van der Waals surface area contributed by atoms with E-state index in [9.17, 15) is 9.59 Å². The smallest absolute Gasteiger partial charge is 0.323 e. The number of nitrogens with one attached hydrogen (secondary N) is 1. The molecule has 0 aliphatic carbocycles. The molecule has 0 radical (unpaired) electrons. The van der Waals surface area contributed by atoms with E-state index in [2.05, 4.69) is 5.32 Å². The second-order valence-corrected chi connectivity index (χ2v) is 6.11.